The zero-order chi connectivity index (χ0) is 18.7. The lowest BCUT2D eigenvalue weighted by Gasteiger charge is -2.41. The molecule has 26 heavy (non-hydrogen) atoms. The number of carbonyl (C=O) groups is 1. The Bertz CT molecular complexity index is 625. The number of hydrogen-bond acceptors (Lipinski definition) is 3. The van der Waals surface area contributed by atoms with Crippen molar-refractivity contribution in [2.45, 2.75) is 51.3 Å². The second kappa shape index (κ2) is 8.79. The Labute approximate surface area is 165 Å². The lowest BCUT2D eigenvalue weighted by atomic mass is 9.99. The number of halogens is 2. The lowest BCUT2D eigenvalue weighted by Crippen LogP contribution is -2.52. The minimum atomic E-state index is -0.197. The Morgan fingerprint density at radius 2 is 1.96 bits per heavy atom. The van der Waals surface area contributed by atoms with Gasteiger partial charge in [0.1, 0.15) is 0 Å². The van der Waals surface area contributed by atoms with Crippen LogP contribution in [0.4, 0.5) is 4.79 Å². The maximum Gasteiger partial charge on any atom is 0.317 e. The summed E-state index contributed by atoms with van der Waals surface area (Å²) in [6.45, 7) is 5.66. The molecule has 0 aromatic heterocycles. The van der Waals surface area contributed by atoms with E-state index >= 15 is 0 Å². The third-order valence-corrected chi connectivity index (χ3v) is 6.05. The number of likely N-dealkylation sites (tertiary alicyclic amines) is 2. The van der Waals surface area contributed by atoms with E-state index in [-0.39, 0.29) is 12.1 Å². The van der Waals surface area contributed by atoms with Crippen molar-refractivity contribution >= 4 is 29.2 Å². The first-order valence-electron chi connectivity index (χ1n) is 9.33. The molecule has 0 radical (unpaired) electrons. The van der Waals surface area contributed by atoms with E-state index in [4.69, 9.17) is 23.2 Å². The van der Waals surface area contributed by atoms with Gasteiger partial charge in [0.05, 0.1) is 6.10 Å². The number of aryl methyl sites for hydroxylation is 1. The molecule has 2 heterocycles. The summed E-state index contributed by atoms with van der Waals surface area (Å²) in [7, 11) is 0. The molecule has 3 rings (SSSR count). The third kappa shape index (κ3) is 4.83. The van der Waals surface area contributed by atoms with Crippen LogP contribution in [-0.2, 0) is 6.54 Å². The number of amides is 2. The smallest absolute Gasteiger partial charge is 0.317 e. The van der Waals surface area contributed by atoms with Crippen LogP contribution in [0.5, 0.6) is 0 Å². The summed E-state index contributed by atoms with van der Waals surface area (Å²) in [6.07, 6.45) is 3.69. The van der Waals surface area contributed by atoms with Crippen LogP contribution in [-0.4, -0.2) is 59.3 Å². The van der Waals surface area contributed by atoms with Crippen LogP contribution in [0, 0.1) is 6.92 Å². The maximum absolute atomic E-state index is 12.5. The van der Waals surface area contributed by atoms with Gasteiger partial charge < -0.3 is 15.3 Å². The van der Waals surface area contributed by atoms with Crippen molar-refractivity contribution in [1.29, 1.82) is 0 Å². The average molecular weight is 400 g/mol. The van der Waals surface area contributed by atoms with Gasteiger partial charge in [-0.1, -0.05) is 23.2 Å². The Balaban J connectivity index is 1.48. The van der Waals surface area contributed by atoms with Crippen LogP contribution in [0.25, 0.3) is 0 Å². The monoisotopic (exact) mass is 399 g/mol. The van der Waals surface area contributed by atoms with E-state index in [2.05, 4.69) is 10.2 Å². The van der Waals surface area contributed by atoms with E-state index in [0.717, 1.165) is 63.0 Å². The fraction of sp³-hybridized carbons (Fsp3) is 0.632. The van der Waals surface area contributed by atoms with E-state index in [1.54, 1.807) is 6.07 Å². The summed E-state index contributed by atoms with van der Waals surface area (Å²) in [4.78, 5) is 16.7. The first-order valence-corrected chi connectivity index (χ1v) is 10.1. The highest BCUT2D eigenvalue weighted by atomic mass is 35.5. The Morgan fingerprint density at radius 1 is 1.23 bits per heavy atom. The molecule has 2 aliphatic heterocycles. The summed E-state index contributed by atoms with van der Waals surface area (Å²) < 4.78 is 0. The number of urea groups is 1. The van der Waals surface area contributed by atoms with Gasteiger partial charge in [-0.3, -0.25) is 4.90 Å². The molecular weight excluding hydrogens is 373 g/mol. The van der Waals surface area contributed by atoms with Crippen LogP contribution in [0.1, 0.15) is 36.8 Å². The average Bonchev–Trinajstić information content (AvgIpc) is 2.61. The zero-order valence-corrected chi connectivity index (χ0v) is 16.7. The van der Waals surface area contributed by atoms with Gasteiger partial charge in [0.2, 0.25) is 0 Å². The van der Waals surface area contributed by atoms with Crippen LogP contribution in [0.15, 0.2) is 12.1 Å². The summed E-state index contributed by atoms with van der Waals surface area (Å²) in [5.74, 6) is 0. The summed E-state index contributed by atoms with van der Waals surface area (Å²) in [5, 5.41) is 14.0. The largest absolute Gasteiger partial charge is 0.392 e. The predicted molar refractivity (Wildman–Crippen MR) is 105 cm³/mol. The highest BCUT2D eigenvalue weighted by Gasteiger charge is 2.29. The van der Waals surface area contributed by atoms with Gasteiger partial charge in [-0.05, 0) is 62.4 Å². The molecule has 1 atom stereocenters. The van der Waals surface area contributed by atoms with Gasteiger partial charge in [0, 0.05) is 42.3 Å². The molecule has 2 amide bonds. The number of nitrogens with one attached hydrogen (secondary N) is 1. The molecule has 2 aliphatic rings. The molecule has 0 aliphatic carbocycles. The van der Waals surface area contributed by atoms with Crippen LogP contribution < -0.4 is 5.32 Å². The van der Waals surface area contributed by atoms with Crippen molar-refractivity contribution in [3.05, 3.63) is 33.3 Å². The van der Waals surface area contributed by atoms with Crippen molar-refractivity contribution in [3.63, 3.8) is 0 Å². The second-order valence-corrected chi connectivity index (χ2v) is 8.19. The minimum absolute atomic E-state index is 0.0486. The van der Waals surface area contributed by atoms with Crippen molar-refractivity contribution in [1.82, 2.24) is 15.1 Å². The molecule has 2 saturated heterocycles. The minimum Gasteiger partial charge on any atom is -0.392 e. The predicted octanol–water partition coefficient (Wildman–Crippen LogP) is 3.43. The molecule has 1 aromatic carbocycles. The molecule has 0 saturated carbocycles. The number of aliphatic hydroxyl groups excluding tert-OH is 1. The van der Waals surface area contributed by atoms with Crippen LogP contribution in [0.3, 0.4) is 0 Å². The lowest BCUT2D eigenvalue weighted by molar-refractivity contribution is 0.0291. The van der Waals surface area contributed by atoms with Crippen molar-refractivity contribution in [2.75, 3.05) is 26.2 Å². The van der Waals surface area contributed by atoms with Gasteiger partial charge in [0.25, 0.3) is 0 Å². The molecule has 2 N–H and O–H groups in total. The summed E-state index contributed by atoms with van der Waals surface area (Å²) in [5.41, 5.74) is 1.88. The molecule has 5 nitrogen and oxygen atoms in total. The SMILES string of the molecule is Cc1cc(Cl)cc(Cl)c1CNC(=O)N1CCC(N2CCC[C@H](O)C2)CC1. The zero-order valence-electron chi connectivity index (χ0n) is 15.2. The number of hydrogen-bond donors (Lipinski definition) is 2. The Morgan fingerprint density at radius 3 is 2.62 bits per heavy atom. The number of benzene rings is 1. The molecule has 0 spiro atoms. The Hall–Kier alpha value is -1.01. The molecule has 7 heteroatoms. The van der Waals surface area contributed by atoms with Crippen LogP contribution >= 0.6 is 23.2 Å². The van der Waals surface area contributed by atoms with E-state index in [9.17, 15) is 9.90 Å². The maximum atomic E-state index is 12.5. The molecule has 0 unspecified atom stereocenters. The second-order valence-electron chi connectivity index (χ2n) is 7.35. The van der Waals surface area contributed by atoms with Crippen molar-refractivity contribution in [3.8, 4) is 0 Å². The highest BCUT2D eigenvalue weighted by Crippen LogP contribution is 2.25. The fourth-order valence-electron chi connectivity index (χ4n) is 3.98. The third-order valence-electron chi connectivity index (χ3n) is 5.50. The number of carbonyl (C=O) groups excluding carboxylic acids is 1. The molecule has 1 aromatic rings. The van der Waals surface area contributed by atoms with Crippen molar-refractivity contribution < 1.29 is 9.90 Å². The van der Waals surface area contributed by atoms with Gasteiger partial charge in [-0.15, -0.1) is 0 Å². The van der Waals surface area contributed by atoms with E-state index in [1.807, 2.05) is 17.9 Å². The van der Waals surface area contributed by atoms with Gasteiger partial charge in [0.15, 0.2) is 0 Å². The van der Waals surface area contributed by atoms with E-state index < -0.39 is 0 Å². The first kappa shape index (κ1) is 19.7. The molecular formula is C19H27Cl2N3O2. The van der Waals surface area contributed by atoms with Crippen LogP contribution in [0.2, 0.25) is 10.0 Å². The van der Waals surface area contributed by atoms with Crippen molar-refractivity contribution in [2.24, 2.45) is 0 Å². The number of aliphatic hydroxyl groups is 1. The number of rotatable bonds is 3. The number of nitrogens with zero attached hydrogens (tertiary/aromatic N) is 2. The fourth-order valence-corrected chi connectivity index (χ4v) is 4.64. The normalized spacial score (nSPS) is 22.5. The molecule has 144 valence electrons. The van der Waals surface area contributed by atoms with E-state index in [1.165, 1.54) is 0 Å². The first-order chi connectivity index (χ1) is 12.4. The molecule has 0 bridgehead atoms. The topological polar surface area (TPSA) is 55.8 Å². The molecule has 2 fully saturated rings. The summed E-state index contributed by atoms with van der Waals surface area (Å²) >= 11 is 12.2. The Kier molecular flexibility index (Phi) is 6.67. The quantitative estimate of drug-likeness (QED) is 0.818. The van der Waals surface area contributed by atoms with Gasteiger partial charge in [-0.25, -0.2) is 4.79 Å². The number of β-amino-alcohol motifs (C(OH)–C–C–N with tert-alkyl or cyclic N) is 1. The standard InChI is InChI=1S/C19H27Cl2N3O2/c1-13-9-14(20)10-18(21)17(13)11-22-19(26)23-7-4-15(5-8-23)24-6-2-3-16(25)12-24/h9-10,15-16,25H,2-8,11-12H2,1H3,(H,22,26)/t16-/m0/s1. The summed E-state index contributed by atoms with van der Waals surface area (Å²) in [6, 6.07) is 3.98. The highest BCUT2D eigenvalue weighted by molar-refractivity contribution is 6.35. The van der Waals surface area contributed by atoms with E-state index in [0.29, 0.717) is 22.6 Å². The van der Waals surface area contributed by atoms with Gasteiger partial charge in [-0.2, -0.15) is 0 Å². The van der Waals surface area contributed by atoms with Gasteiger partial charge >= 0.3 is 6.03 Å². The number of piperidine rings is 2.